The molecule has 2 aromatic rings. The Morgan fingerprint density at radius 2 is 1.82 bits per heavy atom. The number of sulfone groups is 1. The molecule has 0 unspecified atom stereocenters. The van der Waals surface area contributed by atoms with Crippen LogP contribution in [0.4, 0.5) is 13.2 Å². The van der Waals surface area contributed by atoms with Gasteiger partial charge in [-0.05, 0) is 61.3 Å². The fourth-order valence-corrected chi connectivity index (χ4v) is 6.41. The van der Waals surface area contributed by atoms with Gasteiger partial charge in [-0.3, -0.25) is 19.7 Å². The first kappa shape index (κ1) is 31.3. The Kier molecular flexibility index (Phi) is 10.0. The molecule has 0 saturated heterocycles. The van der Waals surface area contributed by atoms with Crippen LogP contribution >= 0.6 is 12.4 Å². The van der Waals surface area contributed by atoms with Gasteiger partial charge in [0, 0.05) is 25.5 Å². The zero-order valence-corrected chi connectivity index (χ0v) is 24.0. The molecule has 2 aliphatic rings. The van der Waals surface area contributed by atoms with Gasteiger partial charge in [0.2, 0.25) is 0 Å². The van der Waals surface area contributed by atoms with Crippen LogP contribution in [0, 0.1) is 17.8 Å². The maximum atomic E-state index is 13.1. The molecule has 4 rings (SSSR count). The van der Waals surface area contributed by atoms with E-state index in [-0.39, 0.29) is 66.2 Å². The number of hydrogen-bond acceptors (Lipinski definition) is 6. The fraction of sp³-hybridized carbons (Fsp3) is 0.593. The zero-order chi connectivity index (χ0) is 27.7. The maximum absolute atomic E-state index is 13.1. The van der Waals surface area contributed by atoms with E-state index in [1.54, 1.807) is 19.2 Å². The molecule has 1 atom stereocenters. The molecule has 3 heterocycles. The van der Waals surface area contributed by atoms with Crippen molar-refractivity contribution in [2.24, 2.45) is 17.8 Å². The van der Waals surface area contributed by atoms with Crippen LogP contribution in [0.25, 0.3) is 0 Å². The lowest BCUT2D eigenvalue weighted by Crippen LogP contribution is -2.35. The third-order valence-electron chi connectivity index (χ3n) is 7.71. The molecule has 0 radical (unpaired) electrons. The first-order chi connectivity index (χ1) is 17.9. The van der Waals surface area contributed by atoms with E-state index in [0.717, 1.165) is 17.8 Å². The Bertz CT molecular complexity index is 1250. The predicted molar refractivity (Wildman–Crippen MR) is 144 cm³/mol. The molecule has 2 aromatic heterocycles. The van der Waals surface area contributed by atoms with Crippen molar-refractivity contribution in [2.75, 3.05) is 12.3 Å². The van der Waals surface area contributed by atoms with Gasteiger partial charge in [-0.2, -0.15) is 13.2 Å². The average molecular weight is 589 g/mol. The summed E-state index contributed by atoms with van der Waals surface area (Å²) in [6.07, 6.45) is 0.279. The molecule has 216 valence electrons. The summed E-state index contributed by atoms with van der Waals surface area (Å²) in [4.78, 5) is 24.1. The lowest BCUT2D eigenvalue weighted by Gasteiger charge is -2.35. The van der Waals surface area contributed by atoms with Crippen LogP contribution in [-0.2, 0) is 22.9 Å². The fourth-order valence-electron chi connectivity index (χ4n) is 5.59. The van der Waals surface area contributed by atoms with E-state index >= 15 is 0 Å². The minimum absolute atomic E-state index is 0. The third-order valence-corrected chi connectivity index (χ3v) is 9.43. The highest BCUT2D eigenvalue weighted by atomic mass is 35.5. The standard InChI is InChI=1S/C27H35F3N4O3S.ClH/c1-4-38(36,37)23-10-9-22(31-14-23)13-33-26(35)19-11-20-16-34(25(17(2)3)24(20)32-12-19)15-18-5-7-21(8-6-18)27(28,29)30;/h9-12,14,17-18,21,25H,4-8,13,15-16H2,1-3H3,(H,33,35);1H/t18?,21?,25-;/m0./s1. The van der Waals surface area contributed by atoms with Crippen LogP contribution in [0.3, 0.4) is 0 Å². The second-order valence-electron chi connectivity index (χ2n) is 10.7. The highest BCUT2D eigenvalue weighted by molar-refractivity contribution is 7.91. The Balaban J connectivity index is 0.00000420. The summed E-state index contributed by atoms with van der Waals surface area (Å²) in [6, 6.07) is 4.97. The molecule has 1 amide bonds. The van der Waals surface area contributed by atoms with E-state index in [1.807, 2.05) is 6.07 Å². The SMILES string of the molecule is CCS(=O)(=O)c1ccc(CNC(=O)c2cnc3c(c2)CN(CC2CCC(C(F)(F)F)CC2)[C@H]3C(C)C)nc1.Cl. The number of carbonyl (C=O) groups excluding carboxylic acids is 1. The second-order valence-corrected chi connectivity index (χ2v) is 13.0. The number of halogens is 4. The van der Waals surface area contributed by atoms with Gasteiger partial charge in [-0.15, -0.1) is 12.4 Å². The molecule has 1 saturated carbocycles. The van der Waals surface area contributed by atoms with E-state index < -0.39 is 21.9 Å². The molecule has 0 aromatic carbocycles. The number of pyridine rings is 2. The third kappa shape index (κ3) is 7.29. The number of carbonyl (C=O) groups is 1. The summed E-state index contributed by atoms with van der Waals surface area (Å²) in [5.41, 5.74) is 2.85. The number of nitrogens with one attached hydrogen (secondary N) is 1. The van der Waals surface area contributed by atoms with E-state index in [4.69, 9.17) is 0 Å². The highest BCUT2D eigenvalue weighted by Crippen LogP contribution is 2.43. The predicted octanol–water partition coefficient (Wildman–Crippen LogP) is 5.50. The van der Waals surface area contributed by atoms with Gasteiger partial charge in [0.05, 0.1) is 46.1 Å². The zero-order valence-electron chi connectivity index (χ0n) is 22.4. The lowest BCUT2D eigenvalue weighted by molar-refractivity contribution is -0.184. The normalized spacial score (nSPS) is 21.9. The molecule has 0 spiro atoms. The Labute approximate surface area is 234 Å². The van der Waals surface area contributed by atoms with Crippen LogP contribution in [0.15, 0.2) is 35.5 Å². The first-order valence-electron chi connectivity index (χ1n) is 13.1. The summed E-state index contributed by atoms with van der Waals surface area (Å²) < 4.78 is 63.1. The van der Waals surface area contributed by atoms with E-state index in [9.17, 15) is 26.4 Å². The van der Waals surface area contributed by atoms with Crippen LogP contribution in [0.2, 0.25) is 0 Å². The summed E-state index contributed by atoms with van der Waals surface area (Å²) in [5.74, 6) is -1.02. The van der Waals surface area contributed by atoms with Crippen molar-refractivity contribution in [1.82, 2.24) is 20.2 Å². The van der Waals surface area contributed by atoms with Crippen LogP contribution < -0.4 is 5.32 Å². The smallest absolute Gasteiger partial charge is 0.346 e. The molecule has 1 fully saturated rings. The Morgan fingerprint density at radius 3 is 2.38 bits per heavy atom. The van der Waals surface area contributed by atoms with Gasteiger partial charge >= 0.3 is 6.18 Å². The number of nitrogens with zero attached hydrogens (tertiary/aromatic N) is 3. The van der Waals surface area contributed by atoms with Crippen molar-refractivity contribution in [3.63, 3.8) is 0 Å². The number of fused-ring (bicyclic) bond motifs is 1. The van der Waals surface area contributed by atoms with Crippen molar-refractivity contribution in [2.45, 2.75) is 76.7 Å². The van der Waals surface area contributed by atoms with Gasteiger partial charge < -0.3 is 5.32 Å². The van der Waals surface area contributed by atoms with Crippen molar-refractivity contribution in [3.05, 3.63) is 53.1 Å². The summed E-state index contributed by atoms with van der Waals surface area (Å²) in [5, 5.41) is 2.81. The molecule has 39 heavy (non-hydrogen) atoms. The van der Waals surface area contributed by atoms with Crippen molar-refractivity contribution < 1.29 is 26.4 Å². The van der Waals surface area contributed by atoms with Crippen LogP contribution in [0.1, 0.15) is 79.8 Å². The lowest BCUT2D eigenvalue weighted by atomic mass is 9.81. The summed E-state index contributed by atoms with van der Waals surface area (Å²) >= 11 is 0. The average Bonchev–Trinajstić information content (AvgIpc) is 3.24. The Hall–Kier alpha value is -2.24. The highest BCUT2D eigenvalue weighted by Gasteiger charge is 2.42. The molecule has 12 heteroatoms. The summed E-state index contributed by atoms with van der Waals surface area (Å²) in [6.45, 7) is 7.27. The van der Waals surface area contributed by atoms with Gasteiger partial charge in [-0.1, -0.05) is 20.8 Å². The molecular weight excluding hydrogens is 553 g/mol. The van der Waals surface area contributed by atoms with E-state index in [0.29, 0.717) is 30.6 Å². The molecule has 7 nitrogen and oxygen atoms in total. The van der Waals surface area contributed by atoms with E-state index in [2.05, 4.69) is 34.0 Å². The number of rotatable bonds is 8. The molecule has 1 N–H and O–H groups in total. The van der Waals surface area contributed by atoms with Crippen LogP contribution in [0.5, 0.6) is 0 Å². The topological polar surface area (TPSA) is 92.3 Å². The molecule has 1 aliphatic heterocycles. The number of amides is 1. The van der Waals surface area contributed by atoms with Crippen molar-refractivity contribution in [1.29, 1.82) is 0 Å². The number of hydrogen-bond donors (Lipinski definition) is 1. The first-order valence-corrected chi connectivity index (χ1v) is 14.8. The largest absolute Gasteiger partial charge is 0.391 e. The summed E-state index contributed by atoms with van der Waals surface area (Å²) in [7, 11) is -3.34. The van der Waals surface area contributed by atoms with Crippen molar-refractivity contribution in [3.8, 4) is 0 Å². The minimum atomic E-state index is -4.11. The molecule has 0 bridgehead atoms. The monoisotopic (exact) mass is 588 g/mol. The van der Waals surface area contributed by atoms with E-state index in [1.165, 1.54) is 12.3 Å². The Morgan fingerprint density at radius 1 is 1.13 bits per heavy atom. The van der Waals surface area contributed by atoms with Gasteiger partial charge in [0.1, 0.15) is 0 Å². The van der Waals surface area contributed by atoms with Gasteiger partial charge in [-0.25, -0.2) is 8.42 Å². The minimum Gasteiger partial charge on any atom is -0.346 e. The van der Waals surface area contributed by atoms with Gasteiger partial charge in [0.25, 0.3) is 5.91 Å². The van der Waals surface area contributed by atoms with Crippen molar-refractivity contribution >= 4 is 28.2 Å². The number of alkyl halides is 3. The molecular formula is C27H36ClF3N4O3S. The molecule has 1 aliphatic carbocycles. The quantitative estimate of drug-likeness (QED) is 0.438. The van der Waals surface area contributed by atoms with Crippen LogP contribution in [-0.4, -0.2) is 47.7 Å². The maximum Gasteiger partial charge on any atom is 0.391 e. The van der Waals surface area contributed by atoms with Gasteiger partial charge in [0.15, 0.2) is 9.84 Å². The second kappa shape index (κ2) is 12.5. The number of aromatic nitrogens is 2.